The lowest BCUT2D eigenvalue weighted by molar-refractivity contribution is 0.668. The van der Waals surface area contributed by atoms with Gasteiger partial charge in [0.2, 0.25) is 0 Å². The Kier molecular flexibility index (Phi) is 8.77. The number of rotatable bonds is 8. The Balaban J connectivity index is 1.09. The minimum absolute atomic E-state index is 0.747. The molecule has 4 nitrogen and oxygen atoms in total. The fourth-order valence-electron chi connectivity index (χ4n) is 11.4. The molecule has 0 unspecified atom stereocenters. The Labute approximate surface area is 399 Å². The topological polar surface area (TPSA) is 32.8 Å². The van der Waals surface area contributed by atoms with Crippen LogP contribution in [0.1, 0.15) is 22.3 Å². The van der Waals surface area contributed by atoms with Gasteiger partial charge in [-0.15, -0.1) is 0 Å². The molecule has 324 valence electrons. The summed E-state index contributed by atoms with van der Waals surface area (Å²) < 4.78 is 13.6. The second kappa shape index (κ2) is 15.5. The van der Waals surface area contributed by atoms with Gasteiger partial charge in [-0.3, -0.25) is 0 Å². The van der Waals surface area contributed by atoms with Crippen molar-refractivity contribution in [3.05, 3.63) is 277 Å². The maximum absolute atomic E-state index is 6.84. The highest BCUT2D eigenvalue weighted by Crippen LogP contribution is 2.61. The van der Waals surface area contributed by atoms with E-state index in [1.54, 1.807) is 0 Å². The zero-order valence-electron chi connectivity index (χ0n) is 37.5. The van der Waals surface area contributed by atoms with E-state index in [9.17, 15) is 0 Å². The molecule has 0 aliphatic heterocycles. The first-order valence-electron chi connectivity index (χ1n) is 23.6. The average Bonchev–Trinajstić information content (AvgIpc) is 4.09. The molecule has 14 rings (SSSR count). The summed E-state index contributed by atoms with van der Waals surface area (Å²) in [6, 6.07) is 91.8. The molecule has 0 spiro atoms. The minimum atomic E-state index is -0.747. The van der Waals surface area contributed by atoms with Crippen molar-refractivity contribution >= 4 is 88.8 Å². The van der Waals surface area contributed by atoms with Crippen molar-refractivity contribution < 1.29 is 8.83 Å². The SMILES string of the molecule is c1ccc(N(c2ccc3c(c2)C(c2ccccc2)(c2ccccc2)c2cc(N(c4ccccc4)c4cccc5c4oc4ccccc45)c4ccccc4c2-3)c2cccc3c2oc2ccccc23)cc1. The first kappa shape index (κ1) is 39.1. The van der Waals surface area contributed by atoms with Crippen LogP contribution in [0.2, 0.25) is 0 Å². The summed E-state index contributed by atoms with van der Waals surface area (Å²) in [5, 5.41) is 6.68. The fraction of sp³-hybridized carbons (Fsp3) is 0.0154. The number of anilines is 6. The third-order valence-corrected chi connectivity index (χ3v) is 14.3. The van der Waals surface area contributed by atoms with Crippen molar-refractivity contribution in [3.8, 4) is 11.1 Å². The van der Waals surface area contributed by atoms with Crippen LogP contribution in [0.5, 0.6) is 0 Å². The van der Waals surface area contributed by atoms with Gasteiger partial charge in [0.25, 0.3) is 0 Å². The molecule has 0 saturated carbocycles. The van der Waals surface area contributed by atoms with Gasteiger partial charge in [-0.25, -0.2) is 0 Å². The van der Waals surface area contributed by atoms with E-state index < -0.39 is 5.41 Å². The predicted molar refractivity (Wildman–Crippen MR) is 285 cm³/mol. The smallest absolute Gasteiger partial charge is 0.159 e. The number of hydrogen-bond donors (Lipinski definition) is 0. The molecule has 69 heavy (non-hydrogen) atoms. The summed E-state index contributed by atoms with van der Waals surface area (Å²) in [4.78, 5) is 4.77. The maximum atomic E-state index is 6.84. The van der Waals surface area contributed by atoms with Crippen LogP contribution in [0, 0.1) is 0 Å². The van der Waals surface area contributed by atoms with Gasteiger partial charge in [0.1, 0.15) is 11.2 Å². The second-order valence-electron chi connectivity index (χ2n) is 17.9. The van der Waals surface area contributed by atoms with Gasteiger partial charge in [-0.1, -0.05) is 188 Å². The molecule has 2 aromatic heterocycles. The van der Waals surface area contributed by atoms with Crippen LogP contribution >= 0.6 is 0 Å². The van der Waals surface area contributed by atoms with E-state index in [4.69, 9.17) is 8.83 Å². The van der Waals surface area contributed by atoms with E-state index in [2.05, 4.69) is 252 Å². The molecule has 11 aromatic carbocycles. The van der Waals surface area contributed by atoms with E-state index in [-0.39, 0.29) is 0 Å². The number of furan rings is 2. The molecule has 2 heterocycles. The van der Waals surface area contributed by atoms with Gasteiger partial charge >= 0.3 is 0 Å². The molecule has 1 aliphatic rings. The van der Waals surface area contributed by atoms with E-state index in [1.165, 1.54) is 38.8 Å². The molecule has 0 atom stereocenters. The molecular formula is C65H42N2O2. The van der Waals surface area contributed by atoms with Gasteiger partial charge in [0.15, 0.2) is 11.2 Å². The van der Waals surface area contributed by atoms with Crippen molar-refractivity contribution in [2.45, 2.75) is 5.41 Å². The van der Waals surface area contributed by atoms with Crippen molar-refractivity contribution in [2.24, 2.45) is 0 Å². The van der Waals surface area contributed by atoms with Crippen LogP contribution in [0.15, 0.2) is 264 Å². The molecule has 1 aliphatic carbocycles. The minimum Gasteiger partial charge on any atom is -0.454 e. The van der Waals surface area contributed by atoms with Gasteiger partial charge in [0, 0.05) is 44.0 Å². The first-order chi connectivity index (χ1) is 34.3. The van der Waals surface area contributed by atoms with E-state index in [0.717, 1.165) is 83.4 Å². The quantitative estimate of drug-likeness (QED) is 0.152. The summed E-state index contributed by atoms with van der Waals surface area (Å²) in [7, 11) is 0. The Bertz CT molecular complexity index is 4040. The average molecular weight is 883 g/mol. The lowest BCUT2D eigenvalue weighted by Gasteiger charge is -2.36. The van der Waals surface area contributed by atoms with Crippen LogP contribution in [0.25, 0.3) is 65.8 Å². The number of nitrogens with zero attached hydrogens (tertiary/aromatic N) is 2. The predicted octanol–water partition coefficient (Wildman–Crippen LogP) is 17.9. The molecule has 0 N–H and O–H groups in total. The van der Waals surface area contributed by atoms with Gasteiger partial charge < -0.3 is 18.6 Å². The van der Waals surface area contributed by atoms with Crippen LogP contribution in [-0.4, -0.2) is 0 Å². The van der Waals surface area contributed by atoms with Gasteiger partial charge in [-0.05, 0) is 105 Å². The van der Waals surface area contributed by atoms with Crippen molar-refractivity contribution in [1.29, 1.82) is 0 Å². The normalized spacial score (nSPS) is 12.8. The molecule has 4 heteroatoms. The number of benzene rings is 11. The Hall–Kier alpha value is -9.12. The first-order valence-corrected chi connectivity index (χ1v) is 23.6. The van der Waals surface area contributed by atoms with Crippen LogP contribution < -0.4 is 9.80 Å². The molecule has 0 radical (unpaired) electrons. The second-order valence-corrected chi connectivity index (χ2v) is 17.9. The zero-order valence-corrected chi connectivity index (χ0v) is 37.5. The van der Waals surface area contributed by atoms with Crippen LogP contribution in [-0.2, 0) is 5.41 Å². The van der Waals surface area contributed by atoms with E-state index in [1.807, 2.05) is 12.1 Å². The third kappa shape index (κ3) is 5.82. The highest BCUT2D eigenvalue weighted by Gasteiger charge is 2.48. The van der Waals surface area contributed by atoms with Crippen molar-refractivity contribution in [2.75, 3.05) is 9.80 Å². The molecule has 0 amide bonds. The zero-order chi connectivity index (χ0) is 45.5. The molecular weight excluding hydrogens is 841 g/mol. The Morgan fingerprint density at radius 1 is 0.290 bits per heavy atom. The molecule has 0 fully saturated rings. The van der Waals surface area contributed by atoms with Crippen molar-refractivity contribution in [1.82, 2.24) is 0 Å². The largest absolute Gasteiger partial charge is 0.454 e. The molecule has 13 aromatic rings. The highest BCUT2D eigenvalue weighted by molar-refractivity contribution is 6.15. The lowest BCUT2D eigenvalue weighted by atomic mass is 9.67. The Morgan fingerprint density at radius 2 is 0.739 bits per heavy atom. The molecule has 0 saturated heterocycles. The highest BCUT2D eigenvalue weighted by atomic mass is 16.3. The van der Waals surface area contributed by atoms with Crippen LogP contribution in [0.4, 0.5) is 34.1 Å². The fourth-order valence-corrected chi connectivity index (χ4v) is 11.4. The Morgan fingerprint density at radius 3 is 1.30 bits per heavy atom. The summed E-state index contributed by atoms with van der Waals surface area (Å²) in [6.45, 7) is 0. The molecule has 0 bridgehead atoms. The maximum Gasteiger partial charge on any atom is 0.159 e. The van der Waals surface area contributed by atoms with E-state index in [0.29, 0.717) is 0 Å². The standard InChI is InChI=1S/C65H42N2O2/c1-5-21-43(22-6-1)65(44-23-7-2-8-24-44)55-41-47(66(45-25-9-3-10-26-45)57-35-19-33-52-49-30-15-17-37-60(49)68-63(52)57)39-40-54(55)62-51-32-14-13-29-48(51)59(42-56(62)65)67(46-27-11-4-12-28-46)58-36-20-34-53-50-31-16-18-38-61(50)69-64(53)58/h1-42H. The number of fused-ring (bicyclic) bond motifs is 11. The van der Waals surface area contributed by atoms with Crippen LogP contribution in [0.3, 0.4) is 0 Å². The summed E-state index contributed by atoms with van der Waals surface area (Å²) >= 11 is 0. The summed E-state index contributed by atoms with van der Waals surface area (Å²) in [5.41, 5.74) is 16.0. The number of hydrogen-bond acceptors (Lipinski definition) is 4. The van der Waals surface area contributed by atoms with Gasteiger partial charge in [-0.2, -0.15) is 0 Å². The van der Waals surface area contributed by atoms with E-state index >= 15 is 0 Å². The monoisotopic (exact) mass is 882 g/mol. The number of para-hydroxylation sites is 6. The summed E-state index contributed by atoms with van der Waals surface area (Å²) in [5.74, 6) is 0. The van der Waals surface area contributed by atoms with Crippen molar-refractivity contribution in [3.63, 3.8) is 0 Å². The van der Waals surface area contributed by atoms with Gasteiger partial charge in [0.05, 0.1) is 22.5 Å². The lowest BCUT2D eigenvalue weighted by Crippen LogP contribution is -2.29. The third-order valence-electron chi connectivity index (χ3n) is 14.3. The summed E-state index contributed by atoms with van der Waals surface area (Å²) in [6.07, 6.45) is 0.